The zero-order chi connectivity index (χ0) is 13.2. The number of alkyl halides is 3. The maximum Gasteiger partial charge on any atom is 0.573 e. The predicted octanol–water partition coefficient (Wildman–Crippen LogP) is 3.70. The van der Waals surface area contributed by atoms with Crippen LogP contribution in [0.3, 0.4) is 0 Å². The monoisotopic (exact) mass is 272 g/mol. The SMILES string of the molecule is FC(F)(F)Oc1cccc(-c2ccnc(=S)[nH]2)c1. The molecule has 7 heteroatoms. The van der Waals surface area contributed by atoms with E-state index in [1.165, 1.54) is 24.4 Å². The highest BCUT2D eigenvalue weighted by Crippen LogP contribution is 2.26. The van der Waals surface area contributed by atoms with Crippen molar-refractivity contribution >= 4 is 12.2 Å². The van der Waals surface area contributed by atoms with Gasteiger partial charge in [-0.3, -0.25) is 0 Å². The molecule has 0 aliphatic carbocycles. The van der Waals surface area contributed by atoms with Crippen LogP contribution in [0.5, 0.6) is 5.75 Å². The lowest BCUT2D eigenvalue weighted by atomic mass is 10.1. The average molecular weight is 272 g/mol. The van der Waals surface area contributed by atoms with E-state index in [1.807, 2.05) is 0 Å². The molecule has 0 fully saturated rings. The van der Waals surface area contributed by atoms with Crippen molar-refractivity contribution < 1.29 is 17.9 Å². The van der Waals surface area contributed by atoms with Gasteiger partial charge in [-0.25, -0.2) is 4.98 Å². The Morgan fingerprint density at radius 3 is 2.67 bits per heavy atom. The number of benzene rings is 1. The van der Waals surface area contributed by atoms with Crippen LogP contribution in [0.25, 0.3) is 11.3 Å². The molecule has 0 saturated carbocycles. The molecule has 0 aliphatic heterocycles. The van der Waals surface area contributed by atoms with Gasteiger partial charge in [-0.05, 0) is 30.4 Å². The van der Waals surface area contributed by atoms with Gasteiger partial charge in [0.05, 0.1) is 0 Å². The van der Waals surface area contributed by atoms with Crippen LogP contribution in [-0.2, 0) is 0 Å². The second kappa shape index (κ2) is 4.77. The summed E-state index contributed by atoms with van der Waals surface area (Å²) in [6.45, 7) is 0. The summed E-state index contributed by atoms with van der Waals surface area (Å²) in [5, 5.41) is 0. The largest absolute Gasteiger partial charge is 0.573 e. The van der Waals surface area contributed by atoms with Crippen molar-refractivity contribution in [1.29, 1.82) is 0 Å². The maximum atomic E-state index is 12.1. The van der Waals surface area contributed by atoms with E-state index in [1.54, 1.807) is 12.1 Å². The van der Waals surface area contributed by atoms with Gasteiger partial charge in [-0.15, -0.1) is 13.2 Å². The molecule has 0 saturated heterocycles. The Bertz CT molecular complexity index is 609. The van der Waals surface area contributed by atoms with Crippen LogP contribution in [-0.4, -0.2) is 16.3 Å². The Hall–Kier alpha value is -1.89. The number of hydrogen-bond acceptors (Lipinski definition) is 3. The van der Waals surface area contributed by atoms with Crippen molar-refractivity contribution in [3.63, 3.8) is 0 Å². The van der Waals surface area contributed by atoms with E-state index in [2.05, 4.69) is 14.7 Å². The quantitative estimate of drug-likeness (QED) is 0.847. The number of ether oxygens (including phenoxy) is 1. The molecule has 0 atom stereocenters. The first-order valence-corrected chi connectivity index (χ1v) is 5.26. The first-order valence-electron chi connectivity index (χ1n) is 4.85. The molecule has 94 valence electrons. The van der Waals surface area contributed by atoms with Gasteiger partial charge in [0.15, 0.2) is 4.77 Å². The summed E-state index contributed by atoms with van der Waals surface area (Å²) in [5.41, 5.74) is 1.10. The van der Waals surface area contributed by atoms with Crippen LogP contribution >= 0.6 is 12.2 Å². The number of rotatable bonds is 2. The third-order valence-corrected chi connectivity index (χ3v) is 2.26. The van der Waals surface area contributed by atoms with E-state index in [-0.39, 0.29) is 10.5 Å². The molecule has 1 N–H and O–H groups in total. The zero-order valence-electron chi connectivity index (χ0n) is 8.86. The number of aromatic amines is 1. The van der Waals surface area contributed by atoms with Crippen LogP contribution in [0.2, 0.25) is 0 Å². The summed E-state index contributed by atoms with van der Waals surface area (Å²) in [5.74, 6) is -0.281. The number of aromatic nitrogens is 2. The van der Waals surface area contributed by atoms with Crippen LogP contribution < -0.4 is 4.74 Å². The number of nitrogens with one attached hydrogen (secondary N) is 1. The van der Waals surface area contributed by atoms with Gasteiger partial charge in [0, 0.05) is 17.5 Å². The third-order valence-electron chi connectivity index (χ3n) is 2.05. The highest BCUT2D eigenvalue weighted by atomic mass is 32.1. The fourth-order valence-electron chi connectivity index (χ4n) is 1.40. The molecular weight excluding hydrogens is 265 g/mol. The standard InChI is InChI=1S/C11H7F3N2OS/c12-11(13,14)17-8-3-1-2-7(6-8)9-4-5-15-10(18)16-9/h1-6H,(H,15,16,18). The predicted molar refractivity (Wildman–Crippen MR) is 61.5 cm³/mol. The molecule has 2 rings (SSSR count). The fraction of sp³-hybridized carbons (Fsp3) is 0.0909. The first kappa shape index (κ1) is 12.6. The van der Waals surface area contributed by atoms with Crippen molar-refractivity contribution in [3.8, 4) is 17.0 Å². The second-order valence-electron chi connectivity index (χ2n) is 3.36. The maximum absolute atomic E-state index is 12.1. The van der Waals surface area contributed by atoms with Gasteiger partial charge >= 0.3 is 6.36 Å². The van der Waals surface area contributed by atoms with Crippen molar-refractivity contribution in [2.24, 2.45) is 0 Å². The van der Waals surface area contributed by atoms with Gasteiger partial charge in [0.1, 0.15) is 5.75 Å². The van der Waals surface area contributed by atoms with Gasteiger partial charge in [0.2, 0.25) is 0 Å². The Balaban J connectivity index is 2.36. The summed E-state index contributed by atoms with van der Waals surface area (Å²) in [7, 11) is 0. The molecule has 18 heavy (non-hydrogen) atoms. The van der Waals surface area contributed by atoms with Gasteiger partial charge in [0.25, 0.3) is 0 Å². The lowest BCUT2D eigenvalue weighted by Gasteiger charge is -2.10. The van der Waals surface area contributed by atoms with E-state index in [4.69, 9.17) is 12.2 Å². The number of hydrogen-bond donors (Lipinski definition) is 1. The van der Waals surface area contributed by atoms with E-state index >= 15 is 0 Å². The highest BCUT2D eigenvalue weighted by Gasteiger charge is 2.31. The molecule has 0 amide bonds. The van der Waals surface area contributed by atoms with Crippen LogP contribution in [0.15, 0.2) is 36.5 Å². The van der Waals surface area contributed by atoms with Crippen molar-refractivity contribution in [2.75, 3.05) is 0 Å². The first-order chi connectivity index (χ1) is 8.44. The minimum atomic E-state index is -4.70. The van der Waals surface area contributed by atoms with Gasteiger partial charge in [-0.1, -0.05) is 12.1 Å². The molecule has 0 aliphatic rings. The number of halogens is 3. The lowest BCUT2D eigenvalue weighted by Crippen LogP contribution is -2.17. The molecule has 1 aromatic carbocycles. The average Bonchev–Trinajstić information content (AvgIpc) is 2.27. The summed E-state index contributed by atoms with van der Waals surface area (Å²) in [6, 6.07) is 7.22. The summed E-state index contributed by atoms with van der Waals surface area (Å²) in [4.78, 5) is 6.58. The highest BCUT2D eigenvalue weighted by molar-refractivity contribution is 7.71. The molecule has 1 aromatic heterocycles. The van der Waals surface area contributed by atoms with Crippen LogP contribution in [0, 0.1) is 4.77 Å². The lowest BCUT2D eigenvalue weighted by molar-refractivity contribution is -0.274. The minimum absolute atomic E-state index is 0.259. The minimum Gasteiger partial charge on any atom is -0.406 e. The Kier molecular flexibility index (Phi) is 3.33. The Morgan fingerprint density at radius 2 is 2.00 bits per heavy atom. The molecule has 0 radical (unpaired) electrons. The Labute approximate surface area is 105 Å². The molecule has 2 aromatic rings. The molecule has 0 bridgehead atoms. The van der Waals surface area contributed by atoms with Crippen molar-refractivity contribution in [2.45, 2.75) is 6.36 Å². The molecular formula is C11H7F3N2OS. The number of nitrogens with zero attached hydrogens (tertiary/aromatic N) is 1. The molecule has 1 heterocycles. The Morgan fingerprint density at radius 1 is 1.22 bits per heavy atom. The molecule has 3 nitrogen and oxygen atoms in total. The van der Waals surface area contributed by atoms with Crippen LogP contribution in [0.1, 0.15) is 0 Å². The van der Waals surface area contributed by atoms with Crippen molar-refractivity contribution in [1.82, 2.24) is 9.97 Å². The fourth-order valence-corrected chi connectivity index (χ4v) is 1.57. The van der Waals surface area contributed by atoms with E-state index < -0.39 is 6.36 Å². The van der Waals surface area contributed by atoms with E-state index in [0.29, 0.717) is 11.3 Å². The van der Waals surface area contributed by atoms with E-state index in [0.717, 1.165) is 0 Å². The summed E-state index contributed by atoms with van der Waals surface area (Å²) >= 11 is 4.84. The zero-order valence-corrected chi connectivity index (χ0v) is 9.68. The number of H-pyrrole nitrogens is 1. The van der Waals surface area contributed by atoms with Crippen molar-refractivity contribution in [3.05, 3.63) is 41.3 Å². The van der Waals surface area contributed by atoms with Gasteiger partial charge < -0.3 is 9.72 Å². The summed E-state index contributed by atoms with van der Waals surface area (Å²) < 4.78 is 40.3. The van der Waals surface area contributed by atoms with Gasteiger partial charge in [-0.2, -0.15) is 0 Å². The third kappa shape index (κ3) is 3.30. The molecule has 0 spiro atoms. The second-order valence-corrected chi connectivity index (χ2v) is 3.75. The molecule has 0 unspecified atom stereocenters. The normalized spacial score (nSPS) is 11.3. The van der Waals surface area contributed by atoms with Crippen LogP contribution in [0.4, 0.5) is 13.2 Å². The summed E-state index contributed by atoms with van der Waals surface area (Å²) in [6.07, 6.45) is -3.23. The topological polar surface area (TPSA) is 37.9 Å². The smallest absolute Gasteiger partial charge is 0.406 e. The van der Waals surface area contributed by atoms with E-state index in [9.17, 15) is 13.2 Å².